The number of anilines is 1. The fourth-order valence-electron chi connectivity index (χ4n) is 2.35. The van der Waals surface area contributed by atoms with Crippen molar-refractivity contribution in [2.75, 3.05) is 11.9 Å². The van der Waals surface area contributed by atoms with Crippen molar-refractivity contribution in [1.82, 2.24) is 15.3 Å². The van der Waals surface area contributed by atoms with E-state index < -0.39 is 5.82 Å². The van der Waals surface area contributed by atoms with E-state index in [4.69, 9.17) is 23.2 Å². The van der Waals surface area contributed by atoms with E-state index in [0.29, 0.717) is 28.6 Å². The molecule has 0 aliphatic carbocycles. The first-order valence-corrected chi connectivity index (χ1v) is 10.9. The maximum Gasteiger partial charge on any atom is 0.239 e. The third-order valence-electron chi connectivity index (χ3n) is 3.68. The van der Waals surface area contributed by atoms with E-state index in [-0.39, 0.29) is 17.7 Å². The topological polar surface area (TPSA) is 66.9 Å². The third-order valence-corrected chi connectivity index (χ3v) is 4.10. The Hall–Kier alpha value is -3.14. The summed E-state index contributed by atoms with van der Waals surface area (Å²) >= 11 is 11.8. The number of carbonyl (C=O) groups is 1. The minimum absolute atomic E-state index is 0.0162. The molecule has 0 aliphatic rings. The lowest BCUT2D eigenvalue weighted by Gasteiger charge is -2.09. The second kappa shape index (κ2) is 14.8. The lowest BCUT2D eigenvalue weighted by molar-refractivity contribution is -0.119. The summed E-state index contributed by atoms with van der Waals surface area (Å²) in [4.78, 5) is 20.1. The van der Waals surface area contributed by atoms with Crippen molar-refractivity contribution in [3.63, 3.8) is 0 Å². The Morgan fingerprint density at radius 1 is 1.03 bits per heavy atom. The van der Waals surface area contributed by atoms with Crippen LogP contribution in [-0.2, 0) is 11.3 Å². The molecule has 0 saturated heterocycles. The molecule has 1 amide bonds. The number of carbonyl (C=O) groups excluding carboxylic acids is 1. The third kappa shape index (κ3) is 10.8. The first-order chi connectivity index (χ1) is 15.7. The molecule has 5 nitrogen and oxygen atoms in total. The molecule has 0 fully saturated rings. The molecule has 174 valence electrons. The van der Waals surface area contributed by atoms with Crippen LogP contribution in [0.25, 0.3) is 11.3 Å². The molecule has 0 spiro atoms. The number of rotatable bonds is 6. The number of hydrogen-bond donors (Lipinski definition) is 2. The van der Waals surface area contributed by atoms with Crippen LogP contribution in [-0.4, -0.2) is 22.4 Å². The number of aromatic nitrogens is 2. The predicted molar refractivity (Wildman–Crippen MR) is 135 cm³/mol. The molecule has 2 aromatic carbocycles. The van der Waals surface area contributed by atoms with Crippen LogP contribution in [0.3, 0.4) is 0 Å². The Labute approximate surface area is 204 Å². The Morgan fingerprint density at radius 3 is 2.24 bits per heavy atom. The van der Waals surface area contributed by atoms with E-state index in [1.807, 2.05) is 12.1 Å². The van der Waals surface area contributed by atoms with Gasteiger partial charge in [0.05, 0.1) is 12.2 Å². The van der Waals surface area contributed by atoms with Crippen LogP contribution in [0.15, 0.2) is 54.6 Å². The van der Waals surface area contributed by atoms with E-state index in [9.17, 15) is 9.18 Å². The van der Waals surface area contributed by atoms with Gasteiger partial charge in [0.2, 0.25) is 11.2 Å². The van der Waals surface area contributed by atoms with Gasteiger partial charge in [-0.3, -0.25) is 4.79 Å². The molecule has 1 aromatic heterocycles. The molecule has 0 saturated carbocycles. The molecule has 0 radical (unpaired) electrons. The molecule has 2 N–H and O–H groups in total. The predicted octanol–water partition coefficient (Wildman–Crippen LogP) is 6.23. The summed E-state index contributed by atoms with van der Waals surface area (Å²) in [6.45, 7) is 6.86. The lowest BCUT2D eigenvalue weighted by atomic mass is 10.1. The maximum absolute atomic E-state index is 13.9. The van der Waals surface area contributed by atoms with Crippen LogP contribution in [0.4, 0.5) is 10.2 Å². The molecule has 0 bridgehead atoms. The van der Waals surface area contributed by atoms with E-state index in [1.165, 1.54) is 12.1 Å². The minimum atomic E-state index is -0.418. The van der Waals surface area contributed by atoms with Crippen LogP contribution in [0.5, 0.6) is 0 Å². The highest BCUT2D eigenvalue weighted by Gasteiger charge is 2.10. The van der Waals surface area contributed by atoms with Crippen molar-refractivity contribution >= 4 is 34.9 Å². The van der Waals surface area contributed by atoms with Crippen LogP contribution in [0, 0.1) is 24.6 Å². The van der Waals surface area contributed by atoms with Crippen LogP contribution < -0.4 is 10.6 Å². The molecule has 0 aliphatic heterocycles. The monoisotopic (exact) mass is 488 g/mol. The normalized spacial score (nSPS) is 9.73. The Bertz CT molecular complexity index is 1040. The molecule has 3 aromatic rings. The zero-order valence-corrected chi connectivity index (χ0v) is 20.3. The molecule has 0 atom stereocenters. The first kappa shape index (κ1) is 27.9. The van der Waals surface area contributed by atoms with Gasteiger partial charge in [0.1, 0.15) is 11.6 Å². The zero-order valence-electron chi connectivity index (χ0n) is 18.8. The van der Waals surface area contributed by atoms with Gasteiger partial charge in [0, 0.05) is 23.2 Å². The smallest absolute Gasteiger partial charge is 0.239 e. The fourth-order valence-corrected chi connectivity index (χ4v) is 2.66. The molecular formula is C25H27Cl2FN4O. The van der Waals surface area contributed by atoms with Crippen molar-refractivity contribution in [2.45, 2.75) is 27.3 Å². The standard InChI is InChI=1S/C19H15Cl2FN4O.C4H10.C2H2/c20-13-7-5-12(6-8-13)10-24-18(27)11-23-17-9-16(25-19(21)26-17)14-3-1-2-4-15(14)22;1-4(2)3;1-2/h1-9H,10-11H2,(H,24,27)(H,23,25,26);4H,1-3H3;1-2H. The summed E-state index contributed by atoms with van der Waals surface area (Å²) in [7, 11) is 0. The molecule has 33 heavy (non-hydrogen) atoms. The first-order valence-electron chi connectivity index (χ1n) is 10.1. The highest BCUT2D eigenvalue weighted by molar-refractivity contribution is 6.30. The zero-order chi connectivity index (χ0) is 24.8. The van der Waals surface area contributed by atoms with E-state index in [0.717, 1.165) is 11.5 Å². The number of nitrogens with one attached hydrogen (secondary N) is 2. The average molecular weight is 489 g/mol. The fraction of sp³-hybridized carbons (Fsp3) is 0.240. The summed E-state index contributed by atoms with van der Waals surface area (Å²) in [5.74, 6) is 0.515. The summed E-state index contributed by atoms with van der Waals surface area (Å²) in [5.41, 5.74) is 1.56. The number of benzene rings is 2. The van der Waals surface area contributed by atoms with Crippen LogP contribution >= 0.6 is 23.2 Å². The Kier molecular flexibility index (Phi) is 12.5. The number of halogens is 3. The van der Waals surface area contributed by atoms with Gasteiger partial charge in [-0.25, -0.2) is 14.4 Å². The number of terminal acetylenes is 1. The quantitative estimate of drug-likeness (QED) is 0.318. The van der Waals surface area contributed by atoms with Crippen LogP contribution in [0.2, 0.25) is 10.3 Å². The largest absolute Gasteiger partial charge is 0.361 e. The molecule has 0 unspecified atom stereocenters. The van der Waals surface area contributed by atoms with Crippen molar-refractivity contribution in [1.29, 1.82) is 0 Å². The SMILES string of the molecule is C#C.CC(C)C.O=C(CNc1cc(-c2ccccc2F)nc(Cl)n1)NCc1ccc(Cl)cc1. The van der Waals surface area contributed by atoms with E-state index in [1.54, 1.807) is 30.3 Å². The summed E-state index contributed by atoms with van der Waals surface area (Å²) in [5, 5.41) is 6.24. The van der Waals surface area contributed by atoms with Gasteiger partial charge in [0.25, 0.3) is 0 Å². The summed E-state index contributed by atoms with van der Waals surface area (Å²) < 4.78 is 13.9. The lowest BCUT2D eigenvalue weighted by Crippen LogP contribution is -2.29. The summed E-state index contributed by atoms with van der Waals surface area (Å²) in [6, 6.07) is 14.9. The molecule has 8 heteroatoms. The van der Waals surface area contributed by atoms with Gasteiger partial charge in [-0.1, -0.05) is 56.6 Å². The van der Waals surface area contributed by atoms with Crippen LogP contribution in [0.1, 0.15) is 26.3 Å². The Morgan fingerprint density at radius 2 is 1.64 bits per heavy atom. The second-order valence-corrected chi connectivity index (χ2v) is 8.15. The van der Waals surface area contributed by atoms with Gasteiger partial charge in [-0.2, -0.15) is 0 Å². The van der Waals surface area contributed by atoms with E-state index >= 15 is 0 Å². The van der Waals surface area contributed by atoms with Crippen molar-refractivity contribution in [2.24, 2.45) is 5.92 Å². The van der Waals surface area contributed by atoms with Gasteiger partial charge in [0.15, 0.2) is 0 Å². The molecule has 1 heterocycles. The number of hydrogen-bond acceptors (Lipinski definition) is 4. The van der Waals surface area contributed by atoms with E-state index in [2.05, 4.69) is 54.2 Å². The second-order valence-electron chi connectivity index (χ2n) is 7.38. The van der Waals surface area contributed by atoms with Crippen molar-refractivity contribution < 1.29 is 9.18 Å². The highest BCUT2D eigenvalue weighted by atomic mass is 35.5. The van der Waals surface area contributed by atoms with Gasteiger partial charge in [-0.15, -0.1) is 12.8 Å². The molecular weight excluding hydrogens is 462 g/mol. The summed E-state index contributed by atoms with van der Waals surface area (Å²) in [6.07, 6.45) is 8.00. The van der Waals surface area contributed by atoms with Gasteiger partial charge in [-0.05, 0) is 47.3 Å². The van der Waals surface area contributed by atoms with Crippen molar-refractivity contribution in [3.05, 3.63) is 76.3 Å². The van der Waals surface area contributed by atoms with Gasteiger partial charge < -0.3 is 10.6 Å². The average Bonchev–Trinajstić information content (AvgIpc) is 2.78. The Balaban J connectivity index is 0.000000820. The molecule has 3 rings (SSSR count). The minimum Gasteiger partial charge on any atom is -0.361 e. The van der Waals surface area contributed by atoms with Gasteiger partial charge >= 0.3 is 0 Å². The maximum atomic E-state index is 13.9. The number of nitrogens with zero attached hydrogens (tertiary/aromatic N) is 2. The highest BCUT2D eigenvalue weighted by Crippen LogP contribution is 2.23. The number of amides is 1. The van der Waals surface area contributed by atoms with Crippen molar-refractivity contribution in [3.8, 4) is 24.1 Å².